The number of nitrogens with one attached hydrogen (secondary N) is 1. The van der Waals surface area contributed by atoms with Crippen LogP contribution in [0.2, 0.25) is 5.02 Å². The van der Waals surface area contributed by atoms with Crippen LogP contribution in [0, 0.1) is 0 Å². The average molecular weight is 412 g/mol. The summed E-state index contributed by atoms with van der Waals surface area (Å²) in [5.41, 5.74) is 0.707. The van der Waals surface area contributed by atoms with E-state index in [9.17, 15) is 18.0 Å². The number of hydrogen-bond acceptors (Lipinski definition) is 6. The van der Waals surface area contributed by atoms with Crippen LogP contribution in [0.5, 0.6) is 0 Å². The molecule has 1 aliphatic heterocycles. The smallest absolute Gasteiger partial charge is 0.274 e. The predicted octanol–water partition coefficient (Wildman–Crippen LogP) is 1.37. The van der Waals surface area contributed by atoms with Crippen LogP contribution in [0.4, 0.5) is 0 Å². The fourth-order valence-electron chi connectivity index (χ4n) is 2.70. The third-order valence-electron chi connectivity index (χ3n) is 4.23. The molecule has 1 aromatic heterocycles. The minimum Gasteiger partial charge on any atom is -0.355 e. The first kappa shape index (κ1) is 19.4. The first-order valence-corrected chi connectivity index (χ1v) is 10.5. The van der Waals surface area contributed by atoms with E-state index in [0.717, 1.165) is 0 Å². The van der Waals surface area contributed by atoms with Gasteiger partial charge in [-0.15, -0.1) is 0 Å². The topological polar surface area (TPSA) is 110 Å². The second kappa shape index (κ2) is 7.69. The number of sulfone groups is 1. The monoisotopic (exact) mass is 411 g/mol. The molecule has 1 saturated heterocycles. The molecule has 27 heavy (non-hydrogen) atoms. The lowest BCUT2D eigenvalue weighted by atomic mass is 10.1. The summed E-state index contributed by atoms with van der Waals surface area (Å²) in [6.45, 7) is 1.80. The summed E-state index contributed by atoms with van der Waals surface area (Å²) < 4.78 is 28.1. The molecule has 0 spiro atoms. The van der Waals surface area contributed by atoms with Crippen LogP contribution in [0.1, 0.15) is 17.4 Å². The van der Waals surface area contributed by atoms with Crippen molar-refractivity contribution in [1.29, 1.82) is 0 Å². The van der Waals surface area contributed by atoms with Crippen molar-refractivity contribution in [3.63, 3.8) is 0 Å². The van der Waals surface area contributed by atoms with Gasteiger partial charge in [-0.1, -0.05) is 28.9 Å². The van der Waals surface area contributed by atoms with Gasteiger partial charge in [0.05, 0.1) is 11.5 Å². The number of halogens is 1. The van der Waals surface area contributed by atoms with Crippen molar-refractivity contribution in [3.05, 3.63) is 41.0 Å². The Bertz CT molecular complexity index is 958. The Balaban J connectivity index is 1.62. The van der Waals surface area contributed by atoms with Crippen molar-refractivity contribution in [1.82, 2.24) is 15.4 Å². The lowest BCUT2D eigenvalue weighted by Gasteiger charge is -2.29. The van der Waals surface area contributed by atoms with Crippen molar-refractivity contribution >= 4 is 33.3 Å². The number of aromatic nitrogens is 1. The third kappa shape index (κ3) is 4.67. The van der Waals surface area contributed by atoms with E-state index in [1.807, 2.05) is 0 Å². The lowest BCUT2D eigenvalue weighted by Crippen LogP contribution is -2.51. The summed E-state index contributed by atoms with van der Waals surface area (Å²) >= 11 is 5.94. The standard InChI is InChI=1S/C17H18ClN3O5S/c1-11(17(23)21-5-7-27(24,25)8-6-21)19-16(22)14-10-15(26-20-14)12-3-2-4-13(18)9-12/h2-4,9-11H,5-8H2,1H3,(H,19,22). The molecule has 1 aromatic carbocycles. The second-order valence-corrected chi connectivity index (χ2v) is 9.00. The Hall–Kier alpha value is -2.39. The van der Waals surface area contributed by atoms with E-state index in [4.69, 9.17) is 16.1 Å². The normalized spacial score (nSPS) is 17.3. The van der Waals surface area contributed by atoms with E-state index in [-0.39, 0.29) is 36.2 Å². The molecule has 0 saturated carbocycles. The molecule has 3 rings (SSSR count). The summed E-state index contributed by atoms with van der Waals surface area (Å²) in [5, 5.41) is 6.82. The van der Waals surface area contributed by atoms with Crippen LogP contribution in [0.15, 0.2) is 34.9 Å². The molecule has 0 aliphatic carbocycles. The SMILES string of the molecule is CC(NC(=O)c1cc(-c2cccc(Cl)c2)on1)C(=O)N1CCS(=O)(=O)CC1. The second-order valence-electron chi connectivity index (χ2n) is 6.26. The van der Waals surface area contributed by atoms with Gasteiger partial charge in [0.1, 0.15) is 6.04 Å². The maximum Gasteiger partial charge on any atom is 0.274 e. The van der Waals surface area contributed by atoms with E-state index in [2.05, 4.69) is 10.5 Å². The zero-order valence-corrected chi connectivity index (χ0v) is 16.1. The first-order chi connectivity index (χ1) is 12.7. The molecule has 1 atom stereocenters. The number of rotatable bonds is 4. The predicted molar refractivity (Wildman–Crippen MR) is 99.1 cm³/mol. The van der Waals surface area contributed by atoms with E-state index >= 15 is 0 Å². The third-order valence-corrected chi connectivity index (χ3v) is 6.07. The molecule has 0 bridgehead atoms. The van der Waals surface area contributed by atoms with E-state index < -0.39 is 21.8 Å². The van der Waals surface area contributed by atoms with Gasteiger partial charge in [0.2, 0.25) is 5.91 Å². The molecule has 10 heteroatoms. The van der Waals surface area contributed by atoms with Gasteiger partial charge in [-0.2, -0.15) is 0 Å². The van der Waals surface area contributed by atoms with Crippen LogP contribution in [0.3, 0.4) is 0 Å². The van der Waals surface area contributed by atoms with Crippen LogP contribution < -0.4 is 5.32 Å². The van der Waals surface area contributed by atoms with Crippen molar-refractivity contribution in [2.24, 2.45) is 0 Å². The molecule has 0 radical (unpaired) electrons. The minimum atomic E-state index is -3.08. The highest BCUT2D eigenvalue weighted by atomic mass is 35.5. The zero-order chi connectivity index (χ0) is 19.6. The van der Waals surface area contributed by atoms with Gasteiger partial charge in [0.25, 0.3) is 5.91 Å². The van der Waals surface area contributed by atoms with Gasteiger partial charge >= 0.3 is 0 Å². The molecular formula is C17H18ClN3O5S. The molecule has 2 aromatic rings. The van der Waals surface area contributed by atoms with Crippen molar-refractivity contribution in [2.45, 2.75) is 13.0 Å². The fraction of sp³-hybridized carbons (Fsp3) is 0.353. The number of benzene rings is 1. The lowest BCUT2D eigenvalue weighted by molar-refractivity contribution is -0.132. The van der Waals surface area contributed by atoms with Gasteiger partial charge in [-0.05, 0) is 19.1 Å². The molecule has 2 amide bonds. The van der Waals surface area contributed by atoms with E-state index in [1.54, 1.807) is 31.2 Å². The van der Waals surface area contributed by atoms with Gasteiger partial charge in [0.15, 0.2) is 21.3 Å². The quantitative estimate of drug-likeness (QED) is 0.813. The van der Waals surface area contributed by atoms with Crippen LogP contribution in [0.25, 0.3) is 11.3 Å². The number of carbonyl (C=O) groups is 2. The van der Waals surface area contributed by atoms with Crippen molar-refractivity contribution in [3.8, 4) is 11.3 Å². The van der Waals surface area contributed by atoms with Gasteiger partial charge in [-0.25, -0.2) is 8.42 Å². The molecule has 144 valence electrons. The Morgan fingerprint density at radius 1 is 1.26 bits per heavy atom. The first-order valence-electron chi connectivity index (χ1n) is 8.28. The Morgan fingerprint density at radius 2 is 1.96 bits per heavy atom. The molecule has 1 aliphatic rings. The van der Waals surface area contributed by atoms with Crippen LogP contribution in [-0.4, -0.2) is 60.9 Å². The molecule has 1 N–H and O–H groups in total. The van der Waals surface area contributed by atoms with Gasteiger partial charge < -0.3 is 14.7 Å². The highest BCUT2D eigenvalue weighted by molar-refractivity contribution is 7.91. The summed E-state index contributed by atoms with van der Waals surface area (Å²) in [6.07, 6.45) is 0. The van der Waals surface area contributed by atoms with Gasteiger partial charge in [0, 0.05) is 29.7 Å². The van der Waals surface area contributed by atoms with E-state index in [0.29, 0.717) is 16.3 Å². The summed E-state index contributed by atoms with van der Waals surface area (Å²) in [5.74, 6) is -0.644. The Kier molecular flexibility index (Phi) is 5.52. The maximum atomic E-state index is 12.4. The van der Waals surface area contributed by atoms with E-state index in [1.165, 1.54) is 11.0 Å². The Morgan fingerprint density at radius 3 is 2.63 bits per heavy atom. The fourth-order valence-corrected chi connectivity index (χ4v) is 4.09. The molecule has 1 unspecified atom stereocenters. The molecular weight excluding hydrogens is 394 g/mol. The molecule has 1 fully saturated rings. The summed E-state index contributed by atoms with van der Waals surface area (Å²) in [7, 11) is -3.08. The largest absolute Gasteiger partial charge is 0.355 e. The van der Waals surface area contributed by atoms with Crippen LogP contribution in [-0.2, 0) is 14.6 Å². The molecule has 8 nitrogen and oxygen atoms in total. The van der Waals surface area contributed by atoms with Gasteiger partial charge in [-0.3, -0.25) is 9.59 Å². The minimum absolute atomic E-state index is 0.0332. The maximum absolute atomic E-state index is 12.4. The molecule has 2 heterocycles. The number of carbonyl (C=O) groups excluding carboxylic acids is 2. The highest BCUT2D eigenvalue weighted by Gasteiger charge is 2.29. The summed E-state index contributed by atoms with van der Waals surface area (Å²) in [4.78, 5) is 26.2. The highest BCUT2D eigenvalue weighted by Crippen LogP contribution is 2.23. The average Bonchev–Trinajstić information content (AvgIpc) is 3.11. The van der Waals surface area contributed by atoms with Crippen LogP contribution >= 0.6 is 11.6 Å². The summed E-state index contributed by atoms with van der Waals surface area (Å²) in [6, 6.07) is 7.56. The van der Waals surface area contributed by atoms with Crippen molar-refractivity contribution in [2.75, 3.05) is 24.6 Å². The number of amides is 2. The van der Waals surface area contributed by atoms with Crippen molar-refractivity contribution < 1.29 is 22.5 Å². The zero-order valence-electron chi connectivity index (χ0n) is 14.5. The number of nitrogens with zero attached hydrogens (tertiary/aromatic N) is 2. The Labute approximate surface area is 161 Å². The number of hydrogen-bond donors (Lipinski definition) is 1.